The average Bonchev–Trinajstić information content (AvgIpc) is 2.96. The zero-order chi connectivity index (χ0) is 17.3. The third-order valence-corrected chi connectivity index (χ3v) is 3.86. The van der Waals surface area contributed by atoms with Crippen LogP contribution in [0.4, 0.5) is 5.69 Å². The lowest BCUT2D eigenvalue weighted by Gasteiger charge is -2.09. The van der Waals surface area contributed by atoms with E-state index in [-0.39, 0.29) is 11.7 Å². The highest BCUT2D eigenvalue weighted by Gasteiger charge is 2.21. The van der Waals surface area contributed by atoms with Crippen molar-refractivity contribution in [2.75, 3.05) is 12.4 Å². The number of aromatic hydroxyl groups is 1. The van der Waals surface area contributed by atoms with Crippen molar-refractivity contribution in [2.45, 2.75) is 20.3 Å². The fraction of sp³-hybridized carbons (Fsp3) is 0.222. The number of nitrogens with zero attached hydrogens (tertiary/aromatic N) is 2. The lowest BCUT2D eigenvalue weighted by Crippen LogP contribution is -2.16. The first kappa shape index (κ1) is 15.9. The molecule has 24 heavy (non-hydrogen) atoms. The number of pyridine rings is 1. The molecule has 0 aliphatic heterocycles. The standard InChI is InChI=1S/C18H19N3O3/c1-4-12-16(21-9-5-6-15(24-3)17(21)19-12)18(23)20-13-8-7-11(2)10-14(13)22/h5-10,22H,4H2,1-3H3,(H,20,23). The predicted octanol–water partition coefficient (Wildman–Crippen LogP) is 3.17. The Morgan fingerprint density at radius 1 is 1.38 bits per heavy atom. The summed E-state index contributed by atoms with van der Waals surface area (Å²) in [6.45, 7) is 3.81. The number of imidazole rings is 1. The minimum Gasteiger partial charge on any atom is -0.506 e. The number of anilines is 1. The smallest absolute Gasteiger partial charge is 0.274 e. The van der Waals surface area contributed by atoms with Gasteiger partial charge in [-0.3, -0.25) is 9.20 Å². The number of carbonyl (C=O) groups is 1. The quantitative estimate of drug-likeness (QED) is 0.722. The van der Waals surface area contributed by atoms with E-state index in [1.807, 2.05) is 19.9 Å². The van der Waals surface area contributed by atoms with Crippen molar-refractivity contribution in [2.24, 2.45) is 0 Å². The van der Waals surface area contributed by atoms with Gasteiger partial charge < -0.3 is 15.2 Å². The van der Waals surface area contributed by atoms with E-state index < -0.39 is 0 Å². The van der Waals surface area contributed by atoms with Gasteiger partial charge in [-0.05, 0) is 43.2 Å². The Kier molecular flexibility index (Phi) is 4.12. The van der Waals surface area contributed by atoms with E-state index in [0.717, 1.165) is 5.56 Å². The van der Waals surface area contributed by atoms with Crippen LogP contribution in [0.2, 0.25) is 0 Å². The molecule has 0 atom stereocenters. The number of fused-ring (bicyclic) bond motifs is 1. The number of benzene rings is 1. The summed E-state index contributed by atoms with van der Waals surface area (Å²) in [5, 5.41) is 12.8. The number of rotatable bonds is 4. The Morgan fingerprint density at radius 2 is 2.17 bits per heavy atom. The van der Waals surface area contributed by atoms with Crippen LogP contribution in [0.5, 0.6) is 11.5 Å². The number of ether oxygens (including phenoxy) is 1. The normalized spacial score (nSPS) is 10.8. The summed E-state index contributed by atoms with van der Waals surface area (Å²) in [5.41, 5.74) is 2.98. The van der Waals surface area contributed by atoms with E-state index in [2.05, 4.69) is 10.3 Å². The molecule has 0 unspecified atom stereocenters. The van der Waals surface area contributed by atoms with Crippen LogP contribution in [-0.2, 0) is 6.42 Å². The molecule has 0 aliphatic rings. The molecule has 3 aromatic rings. The average molecular weight is 325 g/mol. The maximum absolute atomic E-state index is 12.8. The second-order valence-corrected chi connectivity index (χ2v) is 5.51. The van der Waals surface area contributed by atoms with Crippen molar-refractivity contribution in [1.82, 2.24) is 9.38 Å². The van der Waals surface area contributed by atoms with Gasteiger partial charge in [-0.15, -0.1) is 0 Å². The van der Waals surface area contributed by atoms with E-state index in [1.54, 1.807) is 42.0 Å². The van der Waals surface area contributed by atoms with Gasteiger partial charge in [0.25, 0.3) is 5.91 Å². The Balaban J connectivity index is 2.06. The van der Waals surface area contributed by atoms with E-state index in [4.69, 9.17) is 4.74 Å². The van der Waals surface area contributed by atoms with E-state index in [0.29, 0.717) is 34.9 Å². The van der Waals surface area contributed by atoms with Gasteiger partial charge in [0.2, 0.25) is 0 Å². The Hall–Kier alpha value is -3.02. The van der Waals surface area contributed by atoms with Crippen LogP contribution in [0.1, 0.15) is 28.7 Å². The van der Waals surface area contributed by atoms with Gasteiger partial charge in [0, 0.05) is 6.20 Å². The van der Waals surface area contributed by atoms with Crippen molar-refractivity contribution in [3.05, 3.63) is 53.5 Å². The minimum atomic E-state index is -0.327. The fourth-order valence-electron chi connectivity index (χ4n) is 2.66. The number of hydrogen-bond donors (Lipinski definition) is 2. The topological polar surface area (TPSA) is 75.9 Å². The van der Waals surface area contributed by atoms with E-state index >= 15 is 0 Å². The SMILES string of the molecule is CCc1nc2c(OC)cccn2c1C(=O)Nc1ccc(C)cc1O. The lowest BCUT2D eigenvalue weighted by molar-refractivity contribution is 0.102. The van der Waals surface area contributed by atoms with Gasteiger partial charge in [-0.1, -0.05) is 13.0 Å². The highest BCUT2D eigenvalue weighted by Crippen LogP contribution is 2.26. The van der Waals surface area contributed by atoms with Gasteiger partial charge in [-0.25, -0.2) is 4.98 Å². The largest absolute Gasteiger partial charge is 0.506 e. The molecule has 2 aromatic heterocycles. The summed E-state index contributed by atoms with van der Waals surface area (Å²) >= 11 is 0. The minimum absolute atomic E-state index is 0.0350. The molecule has 0 radical (unpaired) electrons. The molecule has 2 heterocycles. The number of carbonyl (C=O) groups excluding carboxylic acids is 1. The summed E-state index contributed by atoms with van der Waals surface area (Å²) in [6.07, 6.45) is 2.38. The number of hydrogen-bond acceptors (Lipinski definition) is 4. The zero-order valence-electron chi connectivity index (χ0n) is 13.8. The van der Waals surface area contributed by atoms with Gasteiger partial charge in [0.15, 0.2) is 11.4 Å². The summed E-state index contributed by atoms with van der Waals surface area (Å²) in [7, 11) is 1.57. The highest BCUT2D eigenvalue weighted by atomic mass is 16.5. The first-order valence-electron chi connectivity index (χ1n) is 7.70. The van der Waals surface area contributed by atoms with Crippen molar-refractivity contribution in [3.63, 3.8) is 0 Å². The molecule has 0 aliphatic carbocycles. The summed E-state index contributed by atoms with van der Waals surface area (Å²) in [6, 6.07) is 8.71. The number of phenols is 1. The number of methoxy groups -OCH3 is 1. The van der Waals surface area contributed by atoms with E-state index in [1.165, 1.54) is 0 Å². The molecule has 0 bridgehead atoms. The van der Waals surface area contributed by atoms with Crippen LogP contribution in [0.25, 0.3) is 5.65 Å². The fourth-order valence-corrected chi connectivity index (χ4v) is 2.66. The van der Waals surface area contributed by atoms with Gasteiger partial charge >= 0.3 is 0 Å². The van der Waals surface area contributed by atoms with Crippen LogP contribution in [0.3, 0.4) is 0 Å². The third-order valence-electron chi connectivity index (χ3n) is 3.86. The van der Waals surface area contributed by atoms with Gasteiger partial charge in [-0.2, -0.15) is 0 Å². The van der Waals surface area contributed by atoms with Gasteiger partial charge in [0.05, 0.1) is 18.5 Å². The van der Waals surface area contributed by atoms with Gasteiger partial charge in [0.1, 0.15) is 11.4 Å². The Bertz CT molecular complexity index is 915. The molecule has 3 rings (SSSR count). The Morgan fingerprint density at radius 3 is 2.83 bits per heavy atom. The number of aromatic nitrogens is 2. The second-order valence-electron chi connectivity index (χ2n) is 5.51. The van der Waals surface area contributed by atoms with Crippen molar-refractivity contribution >= 4 is 17.2 Å². The van der Waals surface area contributed by atoms with Crippen LogP contribution in [0.15, 0.2) is 36.5 Å². The van der Waals surface area contributed by atoms with Crippen molar-refractivity contribution < 1.29 is 14.6 Å². The first-order chi connectivity index (χ1) is 11.5. The predicted molar refractivity (Wildman–Crippen MR) is 91.9 cm³/mol. The summed E-state index contributed by atoms with van der Waals surface area (Å²) < 4.78 is 7.02. The molecule has 1 amide bonds. The number of aryl methyl sites for hydroxylation is 2. The van der Waals surface area contributed by atoms with E-state index in [9.17, 15) is 9.90 Å². The summed E-state index contributed by atoms with van der Waals surface area (Å²) in [5.74, 6) is 0.309. The highest BCUT2D eigenvalue weighted by molar-refractivity contribution is 6.05. The van der Waals surface area contributed by atoms with Crippen LogP contribution in [0, 0.1) is 6.92 Å². The molecule has 124 valence electrons. The number of phenolic OH excluding ortho intramolecular Hbond substituents is 1. The molecule has 0 saturated carbocycles. The van der Waals surface area contributed by atoms with Crippen molar-refractivity contribution in [3.8, 4) is 11.5 Å². The Labute approximate surface area is 139 Å². The molecule has 6 heteroatoms. The van der Waals surface area contributed by atoms with Crippen LogP contribution in [-0.4, -0.2) is 27.5 Å². The molecular weight excluding hydrogens is 306 g/mol. The molecule has 0 saturated heterocycles. The number of nitrogens with one attached hydrogen (secondary N) is 1. The van der Waals surface area contributed by atoms with Crippen molar-refractivity contribution in [1.29, 1.82) is 0 Å². The first-order valence-corrected chi connectivity index (χ1v) is 7.70. The lowest BCUT2D eigenvalue weighted by atomic mass is 10.2. The molecule has 1 aromatic carbocycles. The number of amides is 1. The molecule has 6 nitrogen and oxygen atoms in total. The second kappa shape index (κ2) is 6.23. The zero-order valence-corrected chi connectivity index (χ0v) is 13.8. The summed E-state index contributed by atoms with van der Waals surface area (Å²) in [4.78, 5) is 17.3. The maximum atomic E-state index is 12.8. The third kappa shape index (κ3) is 2.67. The van der Waals surface area contributed by atoms with Crippen LogP contribution < -0.4 is 10.1 Å². The molecule has 2 N–H and O–H groups in total. The maximum Gasteiger partial charge on any atom is 0.274 e. The molecule has 0 spiro atoms. The molecule has 0 fully saturated rings. The molecular formula is C18H19N3O3. The monoisotopic (exact) mass is 325 g/mol. The van der Waals surface area contributed by atoms with Crippen LogP contribution >= 0.6 is 0 Å².